The van der Waals surface area contributed by atoms with Crippen LogP contribution in [0.15, 0.2) is 12.3 Å². The second kappa shape index (κ2) is 4.26. The number of nitrogens with zero attached hydrogens (tertiary/aromatic N) is 2. The molecule has 1 aromatic rings. The first kappa shape index (κ1) is 9.26. The lowest BCUT2D eigenvalue weighted by Gasteiger charge is -2.07. The van der Waals surface area contributed by atoms with E-state index in [-0.39, 0.29) is 0 Å². The van der Waals surface area contributed by atoms with Gasteiger partial charge in [0.15, 0.2) is 0 Å². The number of aromatic nitrogens is 2. The van der Waals surface area contributed by atoms with Crippen LogP contribution < -0.4 is 5.32 Å². The maximum Gasteiger partial charge on any atom is 0.0625 e. The Labute approximate surface area is 73.8 Å². The van der Waals surface area contributed by atoms with Crippen LogP contribution in [-0.4, -0.2) is 22.9 Å². The number of hydrogen-bond acceptors (Lipinski definition) is 2. The molecule has 1 atom stereocenters. The van der Waals surface area contributed by atoms with E-state index >= 15 is 0 Å². The topological polar surface area (TPSA) is 29.9 Å². The van der Waals surface area contributed by atoms with E-state index in [0.717, 1.165) is 12.8 Å². The van der Waals surface area contributed by atoms with Gasteiger partial charge in [-0.2, -0.15) is 5.10 Å². The first-order valence-electron chi connectivity index (χ1n) is 4.38. The Morgan fingerprint density at radius 1 is 1.67 bits per heavy atom. The second-order valence-electron chi connectivity index (χ2n) is 3.21. The van der Waals surface area contributed by atoms with E-state index in [1.54, 1.807) is 0 Å². The Morgan fingerprint density at radius 3 is 2.92 bits per heavy atom. The van der Waals surface area contributed by atoms with Gasteiger partial charge in [0.1, 0.15) is 0 Å². The Morgan fingerprint density at radius 2 is 2.42 bits per heavy atom. The zero-order valence-corrected chi connectivity index (χ0v) is 8.04. The van der Waals surface area contributed by atoms with Crippen molar-refractivity contribution in [2.45, 2.75) is 25.8 Å². The van der Waals surface area contributed by atoms with Gasteiger partial charge in [0, 0.05) is 19.3 Å². The van der Waals surface area contributed by atoms with E-state index in [4.69, 9.17) is 0 Å². The molecule has 1 aromatic heterocycles. The van der Waals surface area contributed by atoms with Gasteiger partial charge in [0.2, 0.25) is 0 Å². The molecular weight excluding hydrogens is 150 g/mol. The Bertz CT molecular complexity index is 229. The molecule has 0 saturated heterocycles. The highest BCUT2D eigenvalue weighted by Gasteiger charge is 2.00. The molecule has 3 heteroatoms. The smallest absolute Gasteiger partial charge is 0.0625 e. The third-order valence-electron chi connectivity index (χ3n) is 2.10. The average molecular weight is 167 g/mol. The highest BCUT2D eigenvalue weighted by molar-refractivity contribution is 4.98. The Kier molecular flexibility index (Phi) is 3.29. The Hall–Kier alpha value is -0.830. The van der Waals surface area contributed by atoms with E-state index < -0.39 is 0 Å². The van der Waals surface area contributed by atoms with Gasteiger partial charge in [-0.1, -0.05) is 0 Å². The fourth-order valence-electron chi connectivity index (χ4n) is 1.11. The van der Waals surface area contributed by atoms with Gasteiger partial charge in [-0.25, -0.2) is 0 Å². The molecule has 12 heavy (non-hydrogen) atoms. The molecule has 0 radical (unpaired) electrons. The first-order chi connectivity index (χ1) is 5.72. The summed E-state index contributed by atoms with van der Waals surface area (Å²) in [6, 6.07) is 2.65. The quantitative estimate of drug-likeness (QED) is 0.724. The largest absolute Gasteiger partial charge is 0.317 e. The molecular formula is C9H17N3. The van der Waals surface area contributed by atoms with Gasteiger partial charge in [0.25, 0.3) is 0 Å². The fraction of sp³-hybridized carbons (Fsp3) is 0.667. The van der Waals surface area contributed by atoms with Crippen molar-refractivity contribution < 1.29 is 0 Å². The number of nitrogens with one attached hydrogen (secondary N) is 1. The van der Waals surface area contributed by atoms with Gasteiger partial charge in [-0.3, -0.25) is 4.68 Å². The molecule has 1 unspecified atom stereocenters. The molecule has 1 N–H and O–H groups in total. The summed E-state index contributed by atoms with van der Waals surface area (Å²) in [7, 11) is 3.94. The second-order valence-corrected chi connectivity index (χ2v) is 3.21. The van der Waals surface area contributed by atoms with Crippen molar-refractivity contribution in [3.63, 3.8) is 0 Å². The van der Waals surface area contributed by atoms with Crippen LogP contribution in [0.5, 0.6) is 0 Å². The summed E-state index contributed by atoms with van der Waals surface area (Å²) in [5, 5.41) is 7.51. The lowest BCUT2D eigenvalue weighted by Crippen LogP contribution is -2.21. The molecule has 0 amide bonds. The lowest BCUT2D eigenvalue weighted by atomic mass is 10.1. The summed E-state index contributed by atoms with van der Waals surface area (Å²) in [5.74, 6) is 0. The summed E-state index contributed by atoms with van der Waals surface area (Å²) >= 11 is 0. The molecule has 3 nitrogen and oxygen atoms in total. The highest BCUT2D eigenvalue weighted by atomic mass is 15.2. The van der Waals surface area contributed by atoms with Crippen molar-refractivity contribution in [3.05, 3.63) is 18.0 Å². The van der Waals surface area contributed by atoms with E-state index in [2.05, 4.69) is 23.4 Å². The van der Waals surface area contributed by atoms with Gasteiger partial charge < -0.3 is 5.32 Å². The summed E-state index contributed by atoms with van der Waals surface area (Å²) in [4.78, 5) is 0. The van der Waals surface area contributed by atoms with E-state index in [1.165, 1.54) is 5.69 Å². The third-order valence-corrected chi connectivity index (χ3v) is 2.10. The molecule has 68 valence electrons. The van der Waals surface area contributed by atoms with Crippen molar-refractivity contribution in [1.82, 2.24) is 15.1 Å². The number of aryl methyl sites for hydroxylation is 2. The van der Waals surface area contributed by atoms with Crippen molar-refractivity contribution in [1.29, 1.82) is 0 Å². The van der Waals surface area contributed by atoms with Crippen molar-refractivity contribution in [3.8, 4) is 0 Å². The van der Waals surface area contributed by atoms with Crippen molar-refractivity contribution in [2.24, 2.45) is 7.05 Å². The average Bonchev–Trinajstić information content (AvgIpc) is 2.47. The van der Waals surface area contributed by atoms with Gasteiger partial charge in [-0.05, 0) is 32.9 Å². The predicted molar refractivity (Wildman–Crippen MR) is 50.1 cm³/mol. The minimum absolute atomic E-state index is 0.576. The Balaban J connectivity index is 2.33. The van der Waals surface area contributed by atoms with Crippen LogP contribution in [-0.2, 0) is 13.5 Å². The molecule has 0 bridgehead atoms. The van der Waals surface area contributed by atoms with Crippen LogP contribution in [0.3, 0.4) is 0 Å². The number of rotatable bonds is 4. The molecule has 0 aliphatic carbocycles. The van der Waals surface area contributed by atoms with E-state index in [1.807, 2.05) is 25.0 Å². The summed E-state index contributed by atoms with van der Waals surface area (Å²) < 4.78 is 1.85. The maximum absolute atomic E-state index is 4.31. The van der Waals surface area contributed by atoms with Crippen LogP contribution >= 0.6 is 0 Å². The van der Waals surface area contributed by atoms with Crippen molar-refractivity contribution >= 4 is 0 Å². The summed E-state index contributed by atoms with van der Waals surface area (Å²) in [6.07, 6.45) is 4.19. The zero-order valence-electron chi connectivity index (χ0n) is 8.04. The molecule has 0 aromatic carbocycles. The van der Waals surface area contributed by atoms with Crippen molar-refractivity contribution in [2.75, 3.05) is 7.05 Å². The highest BCUT2D eigenvalue weighted by Crippen LogP contribution is 2.01. The minimum Gasteiger partial charge on any atom is -0.317 e. The molecule has 1 heterocycles. The van der Waals surface area contributed by atoms with Crippen LogP contribution in [0.25, 0.3) is 0 Å². The number of hydrogen-bond donors (Lipinski definition) is 1. The molecule has 0 aliphatic rings. The van der Waals surface area contributed by atoms with Crippen LogP contribution in [0.2, 0.25) is 0 Å². The predicted octanol–water partition coefficient (Wildman–Crippen LogP) is 0.961. The molecule has 0 spiro atoms. The van der Waals surface area contributed by atoms with E-state index in [0.29, 0.717) is 6.04 Å². The SMILES string of the molecule is CNC(C)CCc1ccn(C)n1. The maximum atomic E-state index is 4.31. The minimum atomic E-state index is 0.576. The molecule has 0 saturated carbocycles. The van der Waals surface area contributed by atoms with Crippen LogP contribution in [0.1, 0.15) is 19.0 Å². The van der Waals surface area contributed by atoms with Crippen LogP contribution in [0.4, 0.5) is 0 Å². The standard InChI is InChI=1S/C9H17N3/c1-8(10-2)4-5-9-6-7-12(3)11-9/h6-8,10H,4-5H2,1-3H3. The van der Waals surface area contributed by atoms with Gasteiger partial charge >= 0.3 is 0 Å². The summed E-state index contributed by atoms with van der Waals surface area (Å²) in [6.45, 7) is 2.18. The first-order valence-corrected chi connectivity index (χ1v) is 4.38. The third kappa shape index (κ3) is 2.66. The van der Waals surface area contributed by atoms with E-state index in [9.17, 15) is 0 Å². The summed E-state index contributed by atoms with van der Waals surface area (Å²) in [5.41, 5.74) is 1.18. The zero-order chi connectivity index (χ0) is 8.97. The normalized spacial score (nSPS) is 13.2. The lowest BCUT2D eigenvalue weighted by molar-refractivity contribution is 0.558. The molecule has 1 rings (SSSR count). The fourth-order valence-corrected chi connectivity index (χ4v) is 1.11. The molecule has 0 aliphatic heterocycles. The van der Waals surface area contributed by atoms with Crippen LogP contribution in [0, 0.1) is 0 Å². The monoisotopic (exact) mass is 167 g/mol. The molecule has 0 fully saturated rings. The van der Waals surface area contributed by atoms with Gasteiger partial charge in [0.05, 0.1) is 5.69 Å². The van der Waals surface area contributed by atoms with Gasteiger partial charge in [-0.15, -0.1) is 0 Å².